The third kappa shape index (κ3) is 3.14. The molecule has 2 N–H and O–H groups in total. The van der Waals surface area contributed by atoms with Crippen LogP contribution in [0.5, 0.6) is 0 Å². The van der Waals surface area contributed by atoms with Gasteiger partial charge in [0, 0.05) is 12.2 Å². The maximum absolute atomic E-state index is 13.0. The molecule has 0 bridgehead atoms. The molecule has 0 saturated heterocycles. The second-order valence-corrected chi connectivity index (χ2v) is 3.46. The van der Waals surface area contributed by atoms with Crippen LogP contribution in [-0.2, 0) is 0 Å². The molecule has 4 nitrogen and oxygen atoms in total. The number of anilines is 3. The maximum Gasteiger partial charge on any atom is 0.151 e. The summed E-state index contributed by atoms with van der Waals surface area (Å²) in [6.45, 7) is 2.76. The molecule has 5 heteroatoms. The molecule has 2 aromatic rings. The molecular weight excluding hydrogens is 219 g/mol. The fraction of sp³-hybridized carbons (Fsp3) is 0.167. The third-order valence-electron chi connectivity index (χ3n) is 2.09. The number of hydrogen-bond acceptors (Lipinski definition) is 4. The molecule has 0 amide bonds. The molecule has 2 rings (SSSR count). The quantitative estimate of drug-likeness (QED) is 0.851. The molecule has 1 aromatic heterocycles. The smallest absolute Gasteiger partial charge is 0.151 e. The fourth-order valence-corrected chi connectivity index (χ4v) is 1.41. The van der Waals surface area contributed by atoms with Crippen LogP contribution in [0.2, 0.25) is 0 Å². The third-order valence-corrected chi connectivity index (χ3v) is 2.09. The van der Waals surface area contributed by atoms with Crippen LogP contribution in [0.1, 0.15) is 6.92 Å². The average Bonchev–Trinajstić information content (AvgIpc) is 2.30. The molecule has 0 fully saturated rings. The van der Waals surface area contributed by atoms with Gasteiger partial charge in [-0.15, -0.1) is 0 Å². The summed E-state index contributed by atoms with van der Waals surface area (Å²) in [6, 6.07) is 6.21. The van der Waals surface area contributed by atoms with Crippen LogP contribution < -0.4 is 10.6 Å². The second-order valence-electron chi connectivity index (χ2n) is 3.46. The number of nitrogens with one attached hydrogen (secondary N) is 2. The van der Waals surface area contributed by atoms with E-state index < -0.39 is 0 Å². The fourth-order valence-electron chi connectivity index (χ4n) is 1.41. The predicted molar refractivity (Wildman–Crippen MR) is 65.9 cm³/mol. The maximum atomic E-state index is 13.0. The van der Waals surface area contributed by atoms with Gasteiger partial charge >= 0.3 is 0 Å². The number of aromatic nitrogens is 2. The van der Waals surface area contributed by atoms with Crippen LogP contribution in [0.25, 0.3) is 0 Å². The molecule has 0 aliphatic carbocycles. The second kappa shape index (κ2) is 5.25. The van der Waals surface area contributed by atoms with Crippen molar-refractivity contribution in [3.05, 3.63) is 42.5 Å². The van der Waals surface area contributed by atoms with E-state index in [4.69, 9.17) is 0 Å². The molecule has 0 atom stereocenters. The summed E-state index contributed by atoms with van der Waals surface area (Å²) in [4.78, 5) is 8.32. The zero-order valence-corrected chi connectivity index (χ0v) is 9.44. The van der Waals surface area contributed by atoms with E-state index in [-0.39, 0.29) is 5.82 Å². The molecule has 0 spiro atoms. The lowest BCUT2D eigenvalue weighted by atomic mass is 10.3. The summed E-state index contributed by atoms with van der Waals surface area (Å²) < 4.78 is 13.0. The van der Waals surface area contributed by atoms with E-state index >= 15 is 0 Å². The van der Waals surface area contributed by atoms with Crippen molar-refractivity contribution < 1.29 is 4.39 Å². The molecule has 17 heavy (non-hydrogen) atoms. The predicted octanol–water partition coefficient (Wildman–Crippen LogP) is 2.79. The molecule has 0 aliphatic heterocycles. The Labute approximate surface area is 98.9 Å². The van der Waals surface area contributed by atoms with Gasteiger partial charge in [0.15, 0.2) is 5.82 Å². The van der Waals surface area contributed by atoms with Crippen molar-refractivity contribution in [2.24, 2.45) is 0 Å². The van der Waals surface area contributed by atoms with Crippen LogP contribution in [-0.4, -0.2) is 16.5 Å². The van der Waals surface area contributed by atoms with Gasteiger partial charge in [0.05, 0.1) is 12.4 Å². The minimum atomic E-state index is -0.286. The molecule has 1 aromatic carbocycles. The summed E-state index contributed by atoms with van der Waals surface area (Å²) in [6.07, 6.45) is 3.23. The monoisotopic (exact) mass is 232 g/mol. The van der Waals surface area contributed by atoms with Gasteiger partial charge in [-0.3, -0.25) is 4.98 Å². The van der Waals surface area contributed by atoms with Crippen LogP contribution in [0, 0.1) is 5.82 Å². The summed E-state index contributed by atoms with van der Waals surface area (Å²) in [7, 11) is 0. The minimum absolute atomic E-state index is 0.286. The first-order valence-corrected chi connectivity index (χ1v) is 5.36. The van der Waals surface area contributed by atoms with Gasteiger partial charge in [-0.2, -0.15) is 0 Å². The Balaban J connectivity index is 2.15. The first-order chi connectivity index (χ1) is 8.28. The molecule has 0 saturated carbocycles. The summed E-state index contributed by atoms with van der Waals surface area (Å²) >= 11 is 0. The molecule has 1 heterocycles. The summed E-state index contributed by atoms with van der Waals surface area (Å²) in [5, 5.41) is 6.05. The highest BCUT2D eigenvalue weighted by Crippen LogP contribution is 2.15. The van der Waals surface area contributed by atoms with Crippen molar-refractivity contribution >= 4 is 17.3 Å². The molecule has 0 radical (unpaired) electrons. The van der Waals surface area contributed by atoms with E-state index in [1.165, 1.54) is 12.1 Å². The molecule has 0 unspecified atom stereocenters. The van der Waals surface area contributed by atoms with Gasteiger partial charge < -0.3 is 10.6 Å². The van der Waals surface area contributed by atoms with Crippen LogP contribution in [0.4, 0.5) is 21.7 Å². The van der Waals surface area contributed by atoms with Crippen LogP contribution in [0.3, 0.4) is 0 Å². The molecule has 0 aliphatic rings. The lowest BCUT2D eigenvalue weighted by Crippen LogP contribution is -2.02. The Morgan fingerprint density at radius 2 is 2.06 bits per heavy atom. The van der Waals surface area contributed by atoms with E-state index in [2.05, 4.69) is 20.6 Å². The number of hydrogen-bond donors (Lipinski definition) is 2. The van der Waals surface area contributed by atoms with Crippen molar-refractivity contribution in [2.75, 3.05) is 17.2 Å². The van der Waals surface area contributed by atoms with Crippen molar-refractivity contribution in [1.82, 2.24) is 9.97 Å². The molecule has 88 valence electrons. The van der Waals surface area contributed by atoms with Gasteiger partial charge in [0.1, 0.15) is 11.6 Å². The highest BCUT2D eigenvalue weighted by molar-refractivity contribution is 5.56. The van der Waals surface area contributed by atoms with Crippen LogP contribution >= 0.6 is 0 Å². The first kappa shape index (κ1) is 11.3. The lowest BCUT2D eigenvalue weighted by Gasteiger charge is -2.07. The summed E-state index contributed by atoms with van der Waals surface area (Å²) in [5.74, 6) is 0.980. The number of nitrogens with zero attached hydrogens (tertiary/aromatic N) is 2. The van der Waals surface area contributed by atoms with E-state index in [9.17, 15) is 4.39 Å². The van der Waals surface area contributed by atoms with E-state index in [0.29, 0.717) is 17.3 Å². The van der Waals surface area contributed by atoms with Gasteiger partial charge in [0.25, 0.3) is 0 Å². The van der Waals surface area contributed by atoms with Crippen molar-refractivity contribution in [2.45, 2.75) is 6.92 Å². The van der Waals surface area contributed by atoms with Crippen LogP contribution in [0.15, 0.2) is 36.7 Å². The highest BCUT2D eigenvalue weighted by Gasteiger charge is 1.99. The van der Waals surface area contributed by atoms with E-state index in [1.54, 1.807) is 24.5 Å². The van der Waals surface area contributed by atoms with Gasteiger partial charge in [-0.05, 0) is 25.1 Å². The van der Waals surface area contributed by atoms with E-state index in [1.807, 2.05) is 6.92 Å². The summed E-state index contributed by atoms with van der Waals surface area (Å²) in [5.41, 5.74) is 0.646. The lowest BCUT2D eigenvalue weighted by molar-refractivity contribution is 0.628. The SMILES string of the molecule is CCNc1cncc(Nc2cccc(F)c2)n1. The average molecular weight is 232 g/mol. The topological polar surface area (TPSA) is 49.8 Å². The Kier molecular flexibility index (Phi) is 3.49. The van der Waals surface area contributed by atoms with Crippen molar-refractivity contribution in [1.29, 1.82) is 0 Å². The largest absolute Gasteiger partial charge is 0.369 e. The Hall–Kier alpha value is -2.17. The Bertz CT molecular complexity index is 501. The number of halogens is 1. The minimum Gasteiger partial charge on any atom is -0.369 e. The van der Waals surface area contributed by atoms with E-state index in [0.717, 1.165) is 6.54 Å². The first-order valence-electron chi connectivity index (χ1n) is 5.36. The van der Waals surface area contributed by atoms with Crippen molar-refractivity contribution in [3.63, 3.8) is 0 Å². The number of rotatable bonds is 4. The number of benzene rings is 1. The molecular formula is C12H13FN4. The Morgan fingerprint density at radius 1 is 1.24 bits per heavy atom. The Morgan fingerprint density at radius 3 is 2.82 bits per heavy atom. The zero-order chi connectivity index (χ0) is 12.1. The normalized spacial score (nSPS) is 10.0. The van der Waals surface area contributed by atoms with Gasteiger partial charge in [-0.1, -0.05) is 6.07 Å². The standard InChI is InChI=1S/C12H13FN4/c1-2-15-11-7-14-8-12(17-11)16-10-5-3-4-9(13)6-10/h3-8H,2H2,1H3,(H2,15,16,17). The van der Waals surface area contributed by atoms with Gasteiger partial charge in [0.2, 0.25) is 0 Å². The van der Waals surface area contributed by atoms with Gasteiger partial charge in [-0.25, -0.2) is 9.37 Å². The zero-order valence-electron chi connectivity index (χ0n) is 9.44. The highest BCUT2D eigenvalue weighted by atomic mass is 19.1. The van der Waals surface area contributed by atoms with Crippen molar-refractivity contribution in [3.8, 4) is 0 Å².